The standard InChI is InChI=1S/C18H17N5O3S/c1-11-6-7-14(8-12(11)2)19-16(24)10-27-18-20-21-22-23(18)15-5-3-4-13(9-15)17(25)26/h3-9H,10H2,1-2H3,(H,19,24)(H,25,26). The zero-order chi connectivity index (χ0) is 19.4. The largest absolute Gasteiger partial charge is 0.478 e. The molecule has 8 nitrogen and oxygen atoms in total. The molecular weight excluding hydrogens is 366 g/mol. The van der Waals surface area contributed by atoms with Crippen molar-refractivity contribution in [1.82, 2.24) is 20.2 Å². The Morgan fingerprint density at radius 1 is 1.15 bits per heavy atom. The molecule has 9 heteroatoms. The molecule has 0 spiro atoms. The van der Waals surface area contributed by atoms with Crippen molar-refractivity contribution in [1.29, 1.82) is 0 Å². The fourth-order valence-electron chi connectivity index (χ4n) is 2.35. The number of carbonyl (C=O) groups is 2. The third kappa shape index (κ3) is 4.50. The van der Waals surface area contributed by atoms with Crippen LogP contribution in [0.4, 0.5) is 5.69 Å². The number of carbonyl (C=O) groups excluding carboxylic acids is 1. The Kier molecular flexibility index (Phi) is 5.51. The number of tetrazole rings is 1. The van der Waals surface area contributed by atoms with E-state index in [-0.39, 0.29) is 17.2 Å². The average molecular weight is 383 g/mol. The van der Waals surface area contributed by atoms with Gasteiger partial charge in [-0.15, -0.1) is 5.10 Å². The predicted molar refractivity (Wildman–Crippen MR) is 101 cm³/mol. The van der Waals surface area contributed by atoms with Crippen LogP contribution in [0.15, 0.2) is 47.6 Å². The number of carboxylic acid groups (broad SMARTS) is 1. The lowest BCUT2D eigenvalue weighted by Crippen LogP contribution is -2.14. The van der Waals surface area contributed by atoms with Crippen LogP contribution in [0.3, 0.4) is 0 Å². The first-order valence-corrected chi connectivity index (χ1v) is 9.04. The molecule has 0 aliphatic rings. The lowest BCUT2D eigenvalue weighted by atomic mass is 10.1. The van der Waals surface area contributed by atoms with Gasteiger partial charge in [-0.1, -0.05) is 23.9 Å². The van der Waals surface area contributed by atoms with Gasteiger partial charge in [0.1, 0.15) is 0 Å². The Labute approximate surface area is 159 Å². The van der Waals surface area contributed by atoms with E-state index in [0.717, 1.165) is 28.6 Å². The van der Waals surface area contributed by atoms with Crippen LogP contribution in [0.2, 0.25) is 0 Å². The van der Waals surface area contributed by atoms with E-state index in [1.54, 1.807) is 12.1 Å². The molecule has 1 aromatic heterocycles. The lowest BCUT2D eigenvalue weighted by Gasteiger charge is -2.08. The van der Waals surface area contributed by atoms with Gasteiger partial charge in [0, 0.05) is 5.69 Å². The van der Waals surface area contributed by atoms with Crippen molar-refractivity contribution >= 4 is 29.3 Å². The van der Waals surface area contributed by atoms with Crippen LogP contribution >= 0.6 is 11.8 Å². The summed E-state index contributed by atoms with van der Waals surface area (Å²) in [4.78, 5) is 23.3. The Balaban J connectivity index is 1.68. The van der Waals surface area contributed by atoms with Crippen LogP contribution in [-0.2, 0) is 4.79 Å². The van der Waals surface area contributed by atoms with E-state index < -0.39 is 5.97 Å². The number of hydrogen-bond donors (Lipinski definition) is 2. The molecule has 138 valence electrons. The molecule has 0 bridgehead atoms. The molecule has 1 amide bonds. The molecule has 0 unspecified atom stereocenters. The molecule has 1 heterocycles. The number of carboxylic acids is 1. The summed E-state index contributed by atoms with van der Waals surface area (Å²) in [5.41, 5.74) is 3.63. The summed E-state index contributed by atoms with van der Waals surface area (Å²) in [6.45, 7) is 4.00. The molecule has 27 heavy (non-hydrogen) atoms. The highest BCUT2D eigenvalue weighted by Gasteiger charge is 2.13. The number of aromatic nitrogens is 4. The minimum absolute atomic E-state index is 0.117. The smallest absolute Gasteiger partial charge is 0.335 e. The van der Waals surface area contributed by atoms with E-state index in [0.29, 0.717) is 10.8 Å². The molecule has 0 aliphatic carbocycles. The molecule has 2 N–H and O–H groups in total. The van der Waals surface area contributed by atoms with Crippen LogP contribution in [0.25, 0.3) is 5.69 Å². The van der Waals surface area contributed by atoms with Gasteiger partial charge in [-0.25, -0.2) is 4.79 Å². The number of aromatic carboxylic acids is 1. The SMILES string of the molecule is Cc1ccc(NC(=O)CSc2nnnn2-c2cccc(C(=O)O)c2)cc1C. The molecule has 0 fully saturated rings. The van der Waals surface area contributed by atoms with Gasteiger partial charge >= 0.3 is 5.97 Å². The minimum atomic E-state index is -1.04. The maximum Gasteiger partial charge on any atom is 0.335 e. The first-order valence-electron chi connectivity index (χ1n) is 8.06. The zero-order valence-electron chi connectivity index (χ0n) is 14.7. The molecule has 0 atom stereocenters. The number of aryl methyl sites for hydroxylation is 2. The van der Waals surface area contributed by atoms with Crippen LogP contribution in [0.5, 0.6) is 0 Å². The summed E-state index contributed by atoms with van der Waals surface area (Å²) in [6, 6.07) is 12.0. The van der Waals surface area contributed by atoms with Crippen LogP contribution in [0, 0.1) is 13.8 Å². The Morgan fingerprint density at radius 2 is 1.96 bits per heavy atom. The molecule has 0 saturated heterocycles. The Bertz CT molecular complexity index is 1000. The first kappa shape index (κ1) is 18.6. The molecule has 3 aromatic rings. The summed E-state index contributed by atoms with van der Waals surface area (Å²) >= 11 is 1.16. The lowest BCUT2D eigenvalue weighted by molar-refractivity contribution is -0.113. The highest BCUT2D eigenvalue weighted by molar-refractivity contribution is 7.99. The van der Waals surface area contributed by atoms with E-state index in [1.165, 1.54) is 16.8 Å². The van der Waals surface area contributed by atoms with Crippen molar-refractivity contribution < 1.29 is 14.7 Å². The van der Waals surface area contributed by atoms with Crippen LogP contribution in [-0.4, -0.2) is 42.9 Å². The van der Waals surface area contributed by atoms with Gasteiger partial charge in [-0.2, -0.15) is 4.68 Å². The van der Waals surface area contributed by atoms with Crippen molar-refractivity contribution in [2.45, 2.75) is 19.0 Å². The van der Waals surface area contributed by atoms with E-state index in [2.05, 4.69) is 20.8 Å². The fourth-order valence-corrected chi connectivity index (χ4v) is 3.04. The van der Waals surface area contributed by atoms with Gasteiger partial charge in [-0.3, -0.25) is 4.79 Å². The topological polar surface area (TPSA) is 110 Å². The third-order valence-electron chi connectivity index (χ3n) is 3.90. The second-order valence-electron chi connectivity index (χ2n) is 5.86. The fraction of sp³-hybridized carbons (Fsp3) is 0.167. The summed E-state index contributed by atoms with van der Waals surface area (Å²) < 4.78 is 1.40. The highest BCUT2D eigenvalue weighted by atomic mass is 32.2. The monoisotopic (exact) mass is 383 g/mol. The first-order chi connectivity index (χ1) is 12.9. The van der Waals surface area contributed by atoms with Crippen molar-refractivity contribution in [2.24, 2.45) is 0 Å². The number of thioether (sulfide) groups is 1. The molecule has 0 saturated carbocycles. The number of rotatable bonds is 6. The average Bonchev–Trinajstić information content (AvgIpc) is 3.12. The summed E-state index contributed by atoms with van der Waals surface area (Å²) in [5, 5.41) is 23.8. The molecule has 0 radical (unpaired) electrons. The van der Waals surface area contributed by atoms with Gasteiger partial charge < -0.3 is 10.4 Å². The maximum absolute atomic E-state index is 12.2. The molecule has 3 rings (SSSR count). The second-order valence-corrected chi connectivity index (χ2v) is 6.81. The van der Waals surface area contributed by atoms with Crippen molar-refractivity contribution in [2.75, 3.05) is 11.1 Å². The summed E-state index contributed by atoms with van der Waals surface area (Å²) in [6.07, 6.45) is 0. The Morgan fingerprint density at radius 3 is 2.70 bits per heavy atom. The van der Waals surface area contributed by atoms with Crippen molar-refractivity contribution in [3.05, 3.63) is 59.2 Å². The van der Waals surface area contributed by atoms with E-state index in [9.17, 15) is 9.59 Å². The van der Waals surface area contributed by atoms with Gasteiger partial charge in [0.15, 0.2) is 0 Å². The Hall–Kier alpha value is -3.20. The maximum atomic E-state index is 12.2. The van der Waals surface area contributed by atoms with Gasteiger partial charge in [0.05, 0.1) is 17.0 Å². The van der Waals surface area contributed by atoms with Gasteiger partial charge in [0.25, 0.3) is 0 Å². The van der Waals surface area contributed by atoms with E-state index in [1.807, 2.05) is 32.0 Å². The number of anilines is 1. The number of hydrogen-bond acceptors (Lipinski definition) is 6. The van der Waals surface area contributed by atoms with E-state index in [4.69, 9.17) is 5.11 Å². The molecule has 2 aromatic carbocycles. The summed E-state index contributed by atoms with van der Waals surface area (Å²) in [5.74, 6) is -1.10. The van der Waals surface area contributed by atoms with Crippen LogP contribution < -0.4 is 5.32 Å². The highest BCUT2D eigenvalue weighted by Crippen LogP contribution is 2.20. The quantitative estimate of drug-likeness (QED) is 0.630. The predicted octanol–water partition coefficient (Wildman–Crippen LogP) is 2.71. The molecular formula is C18H17N5O3S. The third-order valence-corrected chi connectivity index (χ3v) is 4.82. The number of amides is 1. The van der Waals surface area contributed by atoms with Gasteiger partial charge in [-0.05, 0) is 65.7 Å². The number of nitrogens with zero attached hydrogens (tertiary/aromatic N) is 4. The normalized spacial score (nSPS) is 10.6. The molecule has 0 aliphatic heterocycles. The minimum Gasteiger partial charge on any atom is -0.478 e. The number of benzene rings is 2. The van der Waals surface area contributed by atoms with Crippen LogP contribution in [0.1, 0.15) is 21.5 Å². The zero-order valence-corrected chi connectivity index (χ0v) is 15.5. The number of nitrogens with one attached hydrogen (secondary N) is 1. The summed E-state index contributed by atoms with van der Waals surface area (Å²) in [7, 11) is 0. The van der Waals surface area contributed by atoms with E-state index >= 15 is 0 Å². The van der Waals surface area contributed by atoms with Crippen molar-refractivity contribution in [3.63, 3.8) is 0 Å². The van der Waals surface area contributed by atoms with Gasteiger partial charge in [0.2, 0.25) is 11.1 Å². The second kappa shape index (κ2) is 8.00. The van der Waals surface area contributed by atoms with Crippen molar-refractivity contribution in [3.8, 4) is 5.69 Å².